The minimum absolute atomic E-state index is 0.102. The van der Waals surface area contributed by atoms with Crippen molar-refractivity contribution in [3.8, 4) is 0 Å². The van der Waals surface area contributed by atoms with E-state index in [0.717, 1.165) is 37.7 Å². The average Bonchev–Trinajstić information content (AvgIpc) is 2.83. The van der Waals surface area contributed by atoms with Gasteiger partial charge in [-0.3, -0.25) is 9.59 Å². The molecular weight excluding hydrogens is 310 g/mol. The molecule has 0 amide bonds. The first-order valence-electron chi connectivity index (χ1n) is 9.42. The fourth-order valence-corrected chi connectivity index (χ4v) is 6.79. The number of allylic oxidation sites excluding steroid dienone is 1. The molecule has 0 aromatic rings. The van der Waals surface area contributed by atoms with Crippen LogP contribution in [0.25, 0.3) is 0 Å². The van der Waals surface area contributed by atoms with Gasteiger partial charge in [0, 0.05) is 30.1 Å². The Morgan fingerprint density at radius 1 is 1.08 bits per heavy atom. The van der Waals surface area contributed by atoms with Gasteiger partial charge in [0.25, 0.3) is 0 Å². The molecule has 0 saturated heterocycles. The van der Waals surface area contributed by atoms with E-state index in [0.29, 0.717) is 36.9 Å². The molecule has 4 heteroatoms. The molecule has 0 bridgehead atoms. The number of ketones is 2. The van der Waals surface area contributed by atoms with Crippen molar-refractivity contribution in [3.05, 3.63) is 11.6 Å². The number of fused-ring (bicyclic) bond motifs is 5. The molecule has 0 spiro atoms. The van der Waals surface area contributed by atoms with Crippen molar-refractivity contribution < 1.29 is 18.4 Å². The molecule has 24 heavy (non-hydrogen) atoms. The summed E-state index contributed by atoms with van der Waals surface area (Å²) in [5, 5.41) is 0. The number of rotatable bonds is 2. The minimum Gasteiger partial charge on any atom is -0.299 e. The third-order valence-corrected chi connectivity index (χ3v) is 7.91. The molecular formula is C20H26F2O2. The van der Waals surface area contributed by atoms with Crippen molar-refractivity contribution in [2.24, 2.45) is 28.6 Å². The van der Waals surface area contributed by atoms with Crippen molar-refractivity contribution in [1.29, 1.82) is 0 Å². The lowest BCUT2D eigenvalue weighted by Gasteiger charge is -2.58. The number of halogens is 2. The highest BCUT2D eigenvalue weighted by Gasteiger charge is 2.60. The molecule has 0 heterocycles. The lowest BCUT2D eigenvalue weighted by Crippen LogP contribution is -2.52. The molecule has 0 aromatic heterocycles. The zero-order valence-corrected chi connectivity index (χ0v) is 14.3. The van der Waals surface area contributed by atoms with Gasteiger partial charge in [0.05, 0.1) is 0 Å². The number of hydrogen-bond acceptors (Lipinski definition) is 2. The fraction of sp³-hybridized carbons (Fsp3) is 0.800. The SMILES string of the molecule is C[C@]12CC[C@H]3[C@@H](CCC4=CC(=O)CC[C@@]43CC(F)F)[C@@H]1CCC2=O. The Hall–Kier alpha value is -1.06. The van der Waals surface area contributed by atoms with Crippen molar-refractivity contribution >= 4 is 11.6 Å². The number of carbonyl (C=O) groups excluding carboxylic acids is 2. The zero-order valence-electron chi connectivity index (χ0n) is 14.3. The molecule has 4 aliphatic rings. The summed E-state index contributed by atoms with van der Waals surface area (Å²) in [6.07, 6.45) is 5.25. The second kappa shape index (κ2) is 5.47. The first-order valence-corrected chi connectivity index (χ1v) is 9.42. The van der Waals surface area contributed by atoms with Gasteiger partial charge in [-0.2, -0.15) is 0 Å². The number of Topliss-reactive ketones (excluding diaryl/α,β-unsaturated/α-hetero) is 1. The van der Waals surface area contributed by atoms with Gasteiger partial charge in [-0.15, -0.1) is 0 Å². The van der Waals surface area contributed by atoms with Crippen LogP contribution in [0.15, 0.2) is 11.6 Å². The van der Waals surface area contributed by atoms with E-state index in [-0.39, 0.29) is 23.5 Å². The highest BCUT2D eigenvalue weighted by Crippen LogP contribution is 2.65. The summed E-state index contributed by atoms with van der Waals surface area (Å²) in [5.41, 5.74) is 0.282. The summed E-state index contributed by atoms with van der Waals surface area (Å²) in [4.78, 5) is 24.3. The van der Waals surface area contributed by atoms with Gasteiger partial charge in [0.2, 0.25) is 6.43 Å². The van der Waals surface area contributed by atoms with Crippen molar-refractivity contribution in [2.45, 2.75) is 71.1 Å². The van der Waals surface area contributed by atoms with Gasteiger partial charge in [0.1, 0.15) is 5.78 Å². The van der Waals surface area contributed by atoms with E-state index in [1.807, 2.05) is 0 Å². The number of alkyl halides is 2. The van der Waals surface area contributed by atoms with Crippen LogP contribution in [0.2, 0.25) is 0 Å². The average molecular weight is 336 g/mol. The molecule has 3 saturated carbocycles. The van der Waals surface area contributed by atoms with E-state index in [4.69, 9.17) is 0 Å². The smallest absolute Gasteiger partial charge is 0.239 e. The zero-order chi connectivity index (χ0) is 17.1. The molecule has 0 radical (unpaired) electrons. The lowest BCUT2D eigenvalue weighted by molar-refractivity contribution is -0.134. The second-order valence-electron chi connectivity index (χ2n) is 8.72. The minimum atomic E-state index is -2.33. The quantitative estimate of drug-likeness (QED) is 0.731. The predicted octanol–water partition coefficient (Wildman–Crippen LogP) is 4.72. The van der Waals surface area contributed by atoms with Crippen LogP contribution in [0.5, 0.6) is 0 Å². The van der Waals surface area contributed by atoms with Gasteiger partial charge in [-0.05, 0) is 62.4 Å². The Morgan fingerprint density at radius 3 is 2.62 bits per heavy atom. The highest BCUT2D eigenvalue weighted by molar-refractivity contribution is 5.91. The van der Waals surface area contributed by atoms with Gasteiger partial charge < -0.3 is 0 Å². The Balaban J connectivity index is 1.73. The van der Waals surface area contributed by atoms with Crippen LogP contribution in [0.4, 0.5) is 8.78 Å². The normalized spacial score (nSPS) is 44.8. The molecule has 0 aromatic carbocycles. The van der Waals surface area contributed by atoms with Crippen molar-refractivity contribution in [1.82, 2.24) is 0 Å². The van der Waals surface area contributed by atoms with Crippen LogP contribution in [0.3, 0.4) is 0 Å². The van der Waals surface area contributed by atoms with Crippen LogP contribution in [0.1, 0.15) is 64.7 Å². The van der Waals surface area contributed by atoms with Crippen molar-refractivity contribution in [3.63, 3.8) is 0 Å². The summed E-state index contributed by atoms with van der Waals surface area (Å²) in [7, 11) is 0. The molecule has 3 fully saturated rings. The third-order valence-electron chi connectivity index (χ3n) is 7.91. The van der Waals surface area contributed by atoms with Crippen LogP contribution >= 0.6 is 0 Å². The molecule has 0 aliphatic heterocycles. The molecule has 0 unspecified atom stereocenters. The topological polar surface area (TPSA) is 34.1 Å². The monoisotopic (exact) mass is 336 g/mol. The van der Waals surface area contributed by atoms with Gasteiger partial charge in [-0.25, -0.2) is 8.78 Å². The van der Waals surface area contributed by atoms with Gasteiger partial charge in [0.15, 0.2) is 5.78 Å². The Morgan fingerprint density at radius 2 is 1.88 bits per heavy atom. The first-order chi connectivity index (χ1) is 11.4. The van der Waals surface area contributed by atoms with E-state index < -0.39 is 11.8 Å². The Bertz CT molecular complexity index is 611. The highest BCUT2D eigenvalue weighted by atomic mass is 19.3. The van der Waals surface area contributed by atoms with E-state index in [1.54, 1.807) is 6.08 Å². The Labute approximate surface area is 142 Å². The van der Waals surface area contributed by atoms with E-state index in [2.05, 4.69) is 6.92 Å². The molecule has 4 rings (SSSR count). The van der Waals surface area contributed by atoms with Crippen LogP contribution in [0, 0.1) is 28.6 Å². The summed E-state index contributed by atoms with van der Waals surface area (Å²) in [5.74, 6) is 1.44. The molecule has 0 N–H and O–H groups in total. The standard InChI is InChI=1S/C20H26F2O2/c1-19-8-7-16-14(15(19)4-5-17(19)24)3-2-12-10-13(23)6-9-20(12,16)11-18(21)22/h10,14-16,18H,2-9,11H2,1H3/t14-,15-,16-,19-,20+/m0/s1. The molecule has 5 atom stereocenters. The van der Waals surface area contributed by atoms with Crippen LogP contribution < -0.4 is 0 Å². The van der Waals surface area contributed by atoms with E-state index >= 15 is 0 Å². The first kappa shape index (κ1) is 16.4. The predicted molar refractivity (Wildman–Crippen MR) is 86.7 cm³/mol. The van der Waals surface area contributed by atoms with Crippen LogP contribution in [-0.4, -0.2) is 18.0 Å². The molecule has 4 aliphatic carbocycles. The fourth-order valence-electron chi connectivity index (χ4n) is 6.79. The second-order valence-corrected chi connectivity index (χ2v) is 8.72. The van der Waals surface area contributed by atoms with Crippen LogP contribution in [-0.2, 0) is 9.59 Å². The molecule has 2 nitrogen and oxygen atoms in total. The van der Waals surface area contributed by atoms with E-state index in [1.165, 1.54) is 0 Å². The van der Waals surface area contributed by atoms with Gasteiger partial charge in [-0.1, -0.05) is 12.5 Å². The summed E-state index contributed by atoms with van der Waals surface area (Å²) < 4.78 is 27.0. The number of hydrogen-bond donors (Lipinski definition) is 0. The Kier molecular flexibility index (Phi) is 3.74. The maximum absolute atomic E-state index is 13.5. The maximum Gasteiger partial charge on any atom is 0.239 e. The lowest BCUT2D eigenvalue weighted by atomic mass is 9.46. The summed E-state index contributed by atoms with van der Waals surface area (Å²) >= 11 is 0. The third kappa shape index (κ3) is 2.17. The number of carbonyl (C=O) groups is 2. The maximum atomic E-state index is 13.5. The van der Waals surface area contributed by atoms with Gasteiger partial charge >= 0.3 is 0 Å². The summed E-state index contributed by atoms with van der Waals surface area (Å²) in [6.45, 7) is 2.11. The van der Waals surface area contributed by atoms with E-state index in [9.17, 15) is 18.4 Å². The van der Waals surface area contributed by atoms with Crippen molar-refractivity contribution in [2.75, 3.05) is 0 Å². The molecule has 132 valence electrons. The largest absolute Gasteiger partial charge is 0.299 e. The summed E-state index contributed by atoms with van der Waals surface area (Å²) in [6, 6.07) is 0.